The molecule has 0 saturated carbocycles. The third-order valence-electron chi connectivity index (χ3n) is 2.92. The number of carbonyl (C=O) groups excluding carboxylic acids is 1. The van der Waals surface area contributed by atoms with E-state index < -0.39 is 0 Å². The molecule has 1 aromatic carbocycles. The van der Waals surface area contributed by atoms with Crippen molar-refractivity contribution >= 4 is 17.5 Å². The summed E-state index contributed by atoms with van der Waals surface area (Å²) in [5.41, 5.74) is 3.93. The first-order valence-electron chi connectivity index (χ1n) is 6.03. The Morgan fingerprint density at radius 1 is 1.18 bits per heavy atom. The number of rotatable bonds is 3. The van der Waals surface area contributed by atoms with Gasteiger partial charge in [0.15, 0.2) is 0 Å². The van der Waals surface area contributed by atoms with Crippen LogP contribution in [-0.4, -0.2) is 24.0 Å². The van der Waals surface area contributed by atoms with Gasteiger partial charge in [-0.15, -0.1) is 0 Å². The molecule has 0 atom stereocenters. The van der Waals surface area contributed by atoms with Gasteiger partial charge < -0.3 is 0 Å². The molecule has 0 spiro atoms. The highest BCUT2D eigenvalue weighted by molar-refractivity contribution is 6.30. The lowest BCUT2D eigenvalue weighted by Gasteiger charge is -2.26. The highest BCUT2D eigenvalue weighted by atomic mass is 35.5. The fraction of sp³-hybridized carbons (Fsp3) is 0.462. The molecular weight excluding hydrogens is 236 g/mol. The number of nitrogens with one attached hydrogen (secondary N) is 1. The van der Waals surface area contributed by atoms with E-state index >= 15 is 0 Å². The maximum atomic E-state index is 11.8. The Labute approximate surface area is 107 Å². The second kappa shape index (κ2) is 6.03. The largest absolute Gasteiger partial charge is 0.289 e. The molecule has 0 unspecified atom stereocenters. The highest BCUT2D eigenvalue weighted by Crippen LogP contribution is 2.10. The summed E-state index contributed by atoms with van der Waals surface area (Å²) in [6, 6.07) is 7.40. The van der Waals surface area contributed by atoms with Crippen molar-refractivity contribution in [3.8, 4) is 0 Å². The van der Waals surface area contributed by atoms with E-state index in [9.17, 15) is 4.79 Å². The van der Waals surface area contributed by atoms with Crippen molar-refractivity contribution in [2.75, 3.05) is 13.1 Å². The zero-order chi connectivity index (χ0) is 12.1. The minimum atomic E-state index is 0.0502. The van der Waals surface area contributed by atoms with Crippen LogP contribution in [-0.2, 0) is 11.2 Å². The summed E-state index contributed by atoms with van der Waals surface area (Å²) >= 11 is 5.80. The summed E-state index contributed by atoms with van der Waals surface area (Å²) in [6.07, 6.45) is 4.01. The number of piperidine rings is 1. The molecule has 3 nitrogen and oxygen atoms in total. The molecule has 0 aromatic heterocycles. The third-order valence-corrected chi connectivity index (χ3v) is 3.17. The van der Waals surface area contributed by atoms with Gasteiger partial charge in [-0.2, -0.15) is 0 Å². The van der Waals surface area contributed by atoms with E-state index in [1.165, 1.54) is 19.3 Å². The van der Waals surface area contributed by atoms with Crippen molar-refractivity contribution in [3.05, 3.63) is 34.9 Å². The lowest BCUT2D eigenvalue weighted by atomic mass is 10.1. The SMILES string of the molecule is O=C(Cc1ccc(Cl)cc1)NN1CCCCC1. The molecule has 1 N–H and O–H groups in total. The Bertz CT molecular complexity index is 372. The van der Waals surface area contributed by atoms with E-state index in [1.54, 1.807) is 0 Å². The fourth-order valence-corrected chi connectivity index (χ4v) is 2.14. The van der Waals surface area contributed by atoms with Crippen LogP contribution in [0.2, 0.25) is 5.02 Å². The van der Waals surface area contributed by atoms with Crippen LogP contribution in [0.3, 0.4) is 0 Å². The number of hydrogen-bond acceptors (Lipinski definition) is 2. The molecule has 1 aliphatic rings. The smallest absolute Gasteiger partial charge is 0.238 e. The summed E-state index contributed by atoms with van der Waals surface area (Å²) in [4.78, 5) is 11.8. The predicted octanol–water partition coefficient (Wildman–Crippen LogP) is 2.40. The van der Waals surface area contributed by atoms with Gasteiger partial charge in [0.25, 0.3) is 0 Å². The molecule has 1 fully saturated rings. The number of hydrazine groups is 1. The van der Waals surface area contributed by atoms with E-state index in [2.05, 4.69) is 5.43 Å². The third kappa shape index (κ3) is 4.02. The molecule has 1 saturated heterocycles. The Hall–Kier alpha value is -1.06. The van der Waals surface area contributed by atoms with Gasteiger partial charge in [0, 0.05) is 18.1 Å². The average Bonchev–Trinajstić information content (AvgIpc) is 2.33. The molecule has 4 heteroatoms. The molecule has 0 radical (unpaired) electrons. The molecule has 1 aliphatic heterocycles. The number of amides is 1. The monoisotopic (exact) mass is 252 g/mol. The van der Waals surface area contributed by atoms with Crippen molar-refractivity contribution in [3.63, 3.8) is 0 Å². The summed E-state index contributed by atoms with van der Waals surface area (Å²) in [6.45, 7) is 1.93. The van der Waals surface area contributed by atoms with Gasteiger partial charge >= 0.3 is 0 Å². The Balaban J connectivity index is 1.82. The maximum absolute atomic E-state index is 11.8. The van der Waals surface area contributed by atoms with Crippen LogP contribution in [0.4, 0.5) is 0 Å². The number of halogens is 1. The summed E-state index contributed by atoms with van der Waals surface area (Å²) in [5, 5.41) is 2.71. The van der Waals surface area contributed by atoms with E-state index in [4.69, 9.17) is 11.6 Å². The van der Waals surface area contributed by atoms with Crippen molar-refractivity contribution in [1.29, 1.82) is 0 Å². The standard InChI is InChI=1S/C13H17ClN2O/c14-12-6-4-11(5-7-12)10-13(17)15-16-8-2-1-3-9-16/h4-7H,1-3,8-10H2,(H,15,17). The Morgan fingerprint density at radius 3 is 2.47 bits per heavy atom. The molecule has 1 heterocycles. The van der Waals surface area contributed by atoms with E-state index in [-0.39, 0.29) is 5.91 Å². The number of benzene rings is 1. The van der Waals surface area contributed by atoms with Crippen LogP contribution >= 0.6 is 11.6 Å². The van der Waals surface area contributed by atoms with E-state index in [1.807, 2.05) is 29.3 Å². The molecule has 0 bridgehead atoms. The maximum Gasteiger partial charge on any atom is 0.238 e. The average molecular weight is 253 g/mol. The minimum Gasteiger partial charge on any atom is -0.289 e. The lowest BCUT2D eigenvalue weighted by Crippen LogP contribution is -2.45. The Kier molecular flexibility index (Phi) is 4.40. The topological polar surface area (TPSA) is 32.3 Å². The Morgan fingerprint density at radius 2 is 1.82 bits per heavy atom. The van der Waals surface area contributed by atoms with Crippen LogP contribution in [0.25, 0.3) is 0 Å². The minimum absolute atomic E-state index is 0.0502. The van der Waals surface area contributed by atoms with E-state index in [0.29, 0.717) is 11.4 Å². The van der Waals surface area contributed by atoms with Crippen LogP contribution < -0.4 is 5.43 Å². The van der Waals surface area contributed by atoms with Crippen LogP contribution in [0.1, 0.15) is 24.8 Å². The molecule has 17 heavy (non-hydrogen) atoms. The van der Waals surface area contributed by atoms with Gasteiger partial charge in [-0.1, -0.05) is 30.2 Å². The molecule has 2 rings (SSSR count). The quantitative estimate of drug-likeness (QED) is 0.896. The normalized spacial score (nSPS) is 16.8. The van der Waals surface area contributed by atoms with Gasteiger partial charge in [-0.25, -0.2) is 5.01 Å². The van der Waals surface area contributed by atoms with Crippen LogP contribution in [0, 0.1) is 0 Å². The summed E-state index contributed by atoms with van der Waals surface area (Å²) < 4.78 is 0. The van der Waals surface area contributed by atoms with Crippen molar-refractivity contribution < 1.29 is 4.79 Å². The van der Waals surface area contributed by atoms with Crippen molar-refractivity contribution in [2.24, 2.45) is 0 Å². The number of nitrogens with zero attached hydrogens (tertiary/aromatic N) is 1. The van der Waals surface area contributed by atoms with Gasteiger partial charge in [-0.3, -0.25) is 10.2 Å². The zero-order valence-electron chi connectivity index (χ0n) is 9.79. The fourth-order valence-electron chi connectivity index (χ4n) is 2.01. The lowest BCUT2D eigenvalue weighted by molar-refractivity contribution is -0.125. The summed E-state index contributed by atoms with van der Waals surface area (Å²) in [5.74, 6) is 0.0502. The van der Waals surface area contributed by atoms with Gasteiger partial charge in [0.1, 0.15) is 0 Å². The van der Waals surface area contributed by atoms with Gasteiger partial charge in [-0.05, 0) is 30.5 Å². The van der Waals surface area contributed by atoms with Crippen LogP contribution in [0.5, 0.6) is 0 Å². The first kappa shape index (κ1) is 12.4. The number of hydrogen-bond donors (Lipinski definition) is 1. The van der Waals surface area contributed by atoms with Crippen LogP contribution in [0.15, 0.2) is 24.3 Å². The second-order valence-corrected chi connectivity index (χ2v) is 4.82. The van der Waals surface area contributed by atoms with Gasteiger partial charge in [0.05, 0.1) is 6.42 Å². The molecule has 92 valence electrons. The van der Waals surface area contributed by atoms with Crippen molar-refractivity contribution in [2.45, 2.75) is 25.7 Å². The highest BCUT2D eigenvalue weighted by Gasteiger charge is 2.12. The van der Waals surface area contributed by atoms with E-state index in [0.717, 1.165) is 18.7 Å². The zero-order valence-corrected chi connectivity index (χ0v) is 10.5. The molecular formula is C13H17ClN2O. The number of carbonyl (C=O) groups is 1. The second-order valence-electron chi connectivity index (χ2n) is 4.39. The molecule has 1 amide bonds. The molecule has 0 aliphatic carbocycles. The predicted molar refractivity (Wildman–Crippen MR) is 68.7 cm³/mol. The first-order valence-corrected chi connectivity index (χ1v) is 6.41. The van der Waals surface area contributed by atoms with Gasteiger partial charge in [0.2, 0.25) is 5.91 Å². The first-order chi connectivity index (χ1) is 8.24. The summed E-state index contributed by atoms with van der Waals surface area (Å²) in [7, 11) is 0. The van der Waals surface area contributed by atoms with Crippen molar-refractivity contribution in [1.82, 2.24) is 10.4 Å². The molecule has 1 aromatic rings.